The highest BCUT2D eigenvalue weighted by Crippen LogP contribution is 2.16. The van der Waals surface area contributed by atoms with Crippen molar-refractivity contribution in [3.8, 4) is 0 Å². The molecule has 0 saturated heterocycles. The third-order valence-electron chi connectivity index (χ3n) is 2.08. The van der Waals surface area contributed by atoms with Gasteiger partial charge in [0, 0.05) is 23.2 Å². The molecule has 1 aromatic carbocycles. The van der Waals surface area contributed by atoms with Crippen molar-refractivity contribution in [1.29, 1.82) is 0 Å². The Balaban J connectivity index is 0.000000531. The van der Waals surface area contributed by atoms with E-state index >= 15 is 0 Å². The predicted octanol–water partition coefficient (Wildman–Crippen LogP) is 4.31. The molecule has 0 spiro atoms. The maximum atomic E-state index is 5.75. The van der Waals surface area contributed by atoms with Gasteiger partial charge in [0.25, 0.3) is 0 Å². The molecule has 0 fully saturated rings. The van der Waals surface area contributed by atoms with Gasteiger partial charge >= 0.3 is 0 Å². The summed E-state index contributed by atoms with van der Waals surface area (Å²) in [5.41, 5.74) is 2.19. The fraction of sp³-hybridized carbons (Fsp3) is 0.308. The van der Waals surface area contributed by atoms with Gasteiger partial charge in [0.15, 0.2) is 0 Å². The Morgan fingerprint density at radius 2 is 1.87 bits per heavy atom. The molecule has 0 bridgehead atoms. The first-order valence-corrected chi connectivity index (χ1v) is 5.74. The summed E-state index contributed by atoms with van der Waals surface area (Å²) in [6.07, 6.45) is 1.89. The van der Waals surface area contributed by atoms with Crippen LogP contribution < -0.4 is 0 Å². The number of pyridine rings is 1. The standard InChI is InChI=1S/C11H10ClN.C2H6/c1-8-4-11-5-9(6-12)2-3-10(11)7-13-8;1-2/h2-5,7H,6H2,1H3;1-2H3. The van der Waals surface area contributed by atoms with E-state index in [2.05, 4.69) is 23.2 Å². The zero-order chi connectivity index (χ0) is 11.3. The minimum absolute atomic E-state index is 0.567. The Hall–Kier alpha value is -1.08. The van der Waals surface area contributed by atoms with Crippen molar-refractivity contribution in [3.63, 3.8) is 0 Å². The van der Waals surface area contributed by atoms with Gasteiger partial charge in [-0.15, -0.1) is 11.6 Å². The van der Waals surface area contributed by atoms with Crippen LogP contribution in [0.4, 0.5) is 0 Å². The van der Waals surface area contributed by atoms with E-state index in [1.165, 1.54) is 10.8 Å². The van der Waals surface area contributed by atoms with Crippen molar-refractivity contribution in [1.82, 2.24) is 4.98 Å². The number of alkyl halides is 1. The van der Waals surface area contributed by atoms with Crippen LogP contribution in [0, 0.1) is 6.92 Å². The van der Waals surface area contributed by atoms with Crippen molar-refractivity contribution in [2.75, 3.05) is 0 Å². The average molecular weight is 222 g/mol. The maximum Gasteiger partial charge on any atom is 0.0474 e. The van der Waals surface area contributed by atoms with E-state index in [9.17, 15) is 0 Å². The molecule has 1 heterocycles. The third kappa shape index (κ3) is 2.93. The molecule has 0 saturated carbocycles. The molecule has 0 unspecified atom stereocenters. The normalized spacial score (nSPS) is 9.60. The van der Waals surface area contributed by atoms with Crippen molar-refractivity contribution in [2.45, 2.75) is 26.7 Å². The molecule has 15 heavy (non-hydrogen) atoms. The van der Waals surface area contributed by atoms with E-state index in [1.54, 1.807) is 0 Å². The molecule has 0 aliphatic rings. The zero-order valence-corrected chi connectivity index (χ0v) is 10.2. The molecule has 0 amide bonds. The van der Waals surface area contributed by atoms with E-state index in [-0.39, 0.29) is 0 Å². The highest BCUT2D eigenvalue weighted by Gasteiger charge is 1.96. The molecule has 1 nitrogen and oxygen atoms in total. The van der Waals surface area contributed by atoms with Gasteiger partial charge in [0.1, 0.15) is 0 Å². The van der Waals surface area contributed by atoms with Gasteiger partial charge < -0.3 is 0 Å². The van der Waals surface area contributed by atoms with Gasteiger partial charge in [0.05, 0.1) is 0 Å². The van der Waals surface area contributed by atoms with Crippen LogP contribution >= 0.6 is 11.6 Å². The second-order valence-corrected chi connectivity index (χ2v) is 3.41. The number of aryl methyl sites for hydroxylation is 1. The van der Waals surface area contributed by atoms with E-state index < -0.39 is 0 Å². The number of hydrogen-bond donors (Lipinski definition) is 0. The Kier molecular flexibility index (Phi) is 4.57. The third-order valence-corrected chi connectivity index (χ3v) is 2.39. The molecule has 2 aromatic rings. The minimum Gasteiger partial charge on any atom is -0.261 e. The molecule has 0 aliphatic carbocycles. The average Bonchev–Trinajstić information content (AvgIpc) is 2.30. The first-order chi connectivity index (χ1) is 7.29. The lowest BCUT2D eigenvalue weighted by Gasteiger charge is -2.00. The van der Waals surface area contributed by atoms with Crippen LogP contribution in [0.5, 0.6) is 0 Å². The van der Waals surface area contributed by atoms with Crippen molar-refractivity contribution in [2.24, 2.45) is 0 Å². The molecule has 2 rings (SSSR count). The number of aromatic nitrogens is 1. The van der Waals surface area contributed by atoms with Gasteiger partial charge in [-0.3, -0.25) is 4.98 Å². The van der Waals surface area contributed by atoms with Gasteiger partial charge in [-0.2, -0.15) is 0 Å². The molecule has 2 heteroatoms. The van der Waals surface area contributed by atoms with Gasteiger partial charge in [-0.05, 0) is 30.0 Å². The summed E-state index contributed by atoms with van der Waals surface area (Å²) < 4.78 is 0. The lowest BCUT2D eigenvalue weighted by molar-refractivity contribution is 1.22. The summed E-state index contributed by atoms with van der Waals surface area (Å²) in [6, 6.07) is 8.27. The van der Waals surface area contributed by atoms with Crippen LogP contribution in [0.25, 0.3) is 10.8 Å². The number of halogens is 1. The van der Waals surface area contributed by atoms with Crippen LogP contribution in [0.3, 0.4) is 0 Å². The predicted molar refractivity (Wildman–Crippen MR) is 67.4 cm³/mol. The topological polar surface area (TPSA) is 12.9 Å². The molecule has 0 aliphatic heterocycles. The van der Waals surface area contributed by atoms with Crippen LogP contribution in [-0.4, -0.2) is 4.98 Å². The SMILES string of the molecule is CC.Cc1cc2cc(CCl)ccc2cn1. The van der Waals surface area contributed by atoms with E-state index in [1.807, 2.05) is 33.0 Å². The maximum absolute atomic E-state index is 5.75. The second-order valence-electron chi connectivity index (χ2n) is 3.14. The van der Waals surface area contributed by atoms with E-state index in [0.29, 0.717) is 5.88 Å². The Morgan fingerprint density at radius 3 is 2.53 bits per heavy atom. The largest absolute Gasteiger partial charge is 0.261 e. The lowest BCUT2D eigenvalue weighted by atomic mass is 10.1. The first-order valence-electron chi connectivity index (χ1n) is 5.21. The summed E-state index contributed by atoms with van der Waals surface area (Å²) >= 11 is 5.75. The lowest BCUT2D eigenvalue weighted by Crippen LogP contribution is -1.83. The van der Waals surface area contributed by atoms with Crippen LogP contribution in [-0.2, 0) is 5.88 Å². The Labute approximate surface area is 96.1 Å². The van der Waals surface area contributed by atoms with E-state index in [0.717, 1.165) is 11.3 Å². The van der Waals surface area contributed by atoms with Crippen LogP contribution in [0.15, 0.2) is 30.5 Å². The summed E-state index contributed by atoms with van der Waals surface area (Å²) in [6.45, 7) is 5.99. The second kappa shape index (κ2) is 5.72. The molecular weight excluding hydrogens is 206 g/mol. The molecule has 0 radical (unpaired) electrons. The monoisotopic (exact) mass is 221 g/mol. The molecule has 0 atom stereocenters. The van der Waals surface area contributed by atoms with Gasteiger partial charge in [0.2, 0.25) is 0 Å². The zero-order valence-electron chi connectivity index (χ0n) is 9.42. The molecule has 80 valence electrons. The van der Waals surface area contributed by atoms with Crippen LogP contribution in [0.2, 0.25) is 0 Å². The van der Waals surface area contributed by atoms with E-state index in [4.69, 9.17) is 11.6 Å². The highest BCUT2D eigenvalue weighted by atomic mass is 35.5. The molecule has 1 aromatic heterocycles. The van der Waals surface area contributed by atoms with Gasteiger partial charge in [-0.25, -0.2) is 0 Å². The fourth-order valence-corrected chi connectivity index (χ4v) is 1.55. The van der Waals surface area contributed by atoms with Crippen LogP contribution in [0.1, 0.15) is 25.1 Å². The number of nitrogens with zero attached hydrogens (tertiary/aromatic N) is 1. The smallest absolute Gasteiger partial charge is 0.0474 e. The fourth-order valence-electron chi connectivity index (χ4n) is 1.38. The van der Waals surface area contributed by atoms with Crippen molar-refractivity contribution >= 4 is 22.4 Å². The van der Waals surface area contributed by atoms with Gasteiger partial charge in [-0.1, -0.05) is 26.0 Å². The number of rotatable bonds is 1. The van der Waals surface area contributed by atoms with Crippen molar-refractivity contribution < 1.29 is 0 Å². The first kappa shape index (κ1) is 12.0. The quantitative estimate of drug-likeness (QED) is 0.654. The summed E-state index contributed by atoms with van der Waals surface area (Å²) in [4.78, 5) is 4.23. The summed E-state index contributed by atoms with van der Waals surface area (Å²) in [7, 11) is 0. The number of fused-ring (bicyclic) bond motifs is 1. The highest BCUT2D eigenvalue weighted by molar-refractivity contribution is 6.17. The van der Waals surface area contributed by atoms with Crippen molar-refractivity contribution in [3.05, 3.63) is 41.7 Å². The Morgan fingerprint density at radius 1 is 1.13 bits per heavy atom. The Bertz CT molecular complexity index is 437. The summed E-state index contributed by atoms with van der Waals surface area (Å²) in [5, 5.41) is 2.38. The number of benzene rings is 1. The molecular formula is C13H16ClN. The summed E-state index contributed by atoms with van der Waals surface area (Å²) in [5.74, 6) is 0.567. The number of hydrogen-bond acceptors (Lipinski definition) is 1. The molecule has 0 N–H and O–H groups in total. The minimum atomic E-state index is 0.567.